The molecular weight excluding hydrogens is 322 g/mol. The Balaban J connectivity index is 2.21. The van der Waals surface area contributed by atoms with Crippen molar-refractivity contribution in [2.24, 2.45) is 5.73 Å². The van der Waals surface area contributed by atoms with Gasteiger partial charge in [-0.15, -0.1) is 0 Å². The van der Waals surface area contributed by atoms with Crippen molar-refractivity contribution >= 4 is 28.6 Å². The van der Waals surface area contributed by atoms with E-state index in [0.717, 1.165) is 12.1 Å². The van der Waals surface area contributed by atoms with Crippen LogP contribution in [0.5, 0.6) is 0 Å². The van der Waals surface area contributed by atoms with Crippen molar-refractivity contribution in [3.05, 3.63) is 64.4 Å². The lowest BCUT2D eigenvalue weighted by Gasteiger charge is -2.13. The van der Waals surface area contributed by atoms with Crippen LogP contribution in [0.15, 0.2) is 58.5 Å². The molecule has 1 amide bonds. The van der Waals surface area contributed by atoms with Crippen LogP contribution in [0.1, 0.15) is 12.5 Å². The van der Waals surface area contributed by atoms with Crippen LogP contribution in [0.25, 0.3) is 16.6 Å². The lowest BCUT2D eigenvalue weighted by Crippen LogP contribution is -2.23. The van der Waals surface area contributed by atoms with Gasteiger partial charge in [-0.3, -0.25) is 14.2 Å². The van der Waals surface area contributed by atoms with E-state index < -0.39 is 5.91 Å². The largest absolute Gasteiger partial charge is 0.369 e. The first-order chi connectivity index (χ1) is 11.6. The predicted octanol–water partition coefficient (Wildman–Crippen LogP) is 2.53. The Morgan fingerprint density at radius 1 is 1.17 bits per heavy atom. The maximum Gasteiger partial charge on any atom is 0.266 e. The Kier molecular flexibility index (Phi) is 4.66. The molecule has 0 saturated carbocycles. The summed E-state index contributed by atoms with van der Waals surface area (Å²) in [4.78, 5) is 28.6. The van der Waals surface area contributed by atoms with Crippen molar-refractivity contribution in [3.63, 3.8) is 0 Å². The van der Waals surface area contributed by atoms with Crippen molar-refractivity contribution < 1.29 is 4.79 Å². The first-order valence-electron chi connectivity index (χ1n) is 7.62. The van der Waals surface area contributed by atoms with Crippen LogP contribution in [0.3, 0.4) is 0 Å². The van der Waals surface area contributed by atoms with Crippen LogP contribution in [0.4, 0.5) is 0 Å². The normalized spacial score (nSPS) is 10.9. The molecule has 0 spiro atoms. The Morgan fingerprint density at radius 3 is 2.54 bits per heavy atom. The summed E-state index contributed by atoms with van der Waals surface area (Å²) in [5.41, 5.74) is 7.61. The summed E-state index contributed by atoms with van der Waals surface area (Å²) in [6.07, 6.45) is 0.925. The summed E-state index contributed by atoms with van der Waals surface area (Å²) in [7, 11) is 0. The molecule has 1 heterocycles. The van der Waals surface area contributed by atoms with Gasteiger partial charge in [0.05, 0.1) is 22.3 Å². The molecule has 3 aromatic rings. The minimum absolute atomic E-state index is 0.0673. The van der Waals surface area contributed by atoms with Gasteiger partial charge in [0, 0.05) is 0 Å². The van der Waals surface area contributed by atoms with E-state index in [2.05, 4.69) is 11.9 Å². The fourth-order valence-corrected chi connectivity index (χ4v) is 3.20. The number of para-hydroxylation sites is 1. The lowest BCUT2D eigenvalue weighted by atomic mass is 10.1. The van der Waals surface area contributed by atoms with Crippen LogP contribution in [-0.4, -0.2) is 21.2 Å². The maximum atomic E-state index is 12.9. The number of hydrogen-bond acceptors (Lipinski definition) is 4. The summed E-state index contributed by atoms with van der Waals surface area (Å²) in [6, 6.07) is 14.9. The fraction of sp³-hybridized carbons (Fsp3) is 0.167. The number of rotatable bonds is 5. The number of benzene rings is 2. The van der Waals surface area contributed by atoms with Crippen molar-refractivity contribution in [3.8, 4) is 5.69 Å². The number of aryl methyl sites for hydroxylation is 1. The Hall–Kier alpha value is -2.60. The van der Waals surface area contributed by atoms with Crippen molar-refractivity contribution in [1.82, 2.24) is 9.55 Å². The van der Waals surface area contributed by atoms with E-state index in [0.29, 0.717) is 16.1 Å². The summed E-state index contributed by atoms with van der Waals surface area (Å²) in [6.45, 7) is 2.08. The van der Waals surface area contributed by atoms with Crippen molar-refractivity contribution in [2.45, 2.75) is 18.5 Å². The third-order valence-electron chi connectivity index (χ3n) is 3.69. The highest BCUT2D eigenvalue weighted by Gasteiger charge is 2.14. The van der Waals surface area contributed by atoms with Crippen LogP contribution >= 0.6 is 11.8 Å². The molecule has 3 rings (SSSR count). The second-order valence-corrected chi connectivity index (χ2v) is 6.27. The Morgan fingerprint density at radius 2 is 1.88 bits per heavy atom. The van der Waals surface area contributed by atoms with Crippen LogP contribution in [0.2, 0.25) is 0 Å². The highest BCUT2D eigenvalue weighted by atomic mass is 32.2. The highest BCUT2D eigenvalue weighted by molar-refractivity contribution is 7.99. The summed E-state index contributed by atoms with van der Waals surface area (Å²) in [5.74, 6) is -0.382. The molecule has 1 aromatic heterocycles. The minimum atomic E-state index is -0.449. The summed E-state index contributed by atoms with van der Waals surface area (Å²) >= 11 is 1.17. The van der Waals surface area contributed by atoms with E-state index in [4.69, 9.17) is 5.73 Å². The molecule has 5 nitrogen and oxygen atoms in total. The SMILES string of the molecule is CCc1ccc(-n2c(SCC(N)=O)nc3ccccc3c2=O)cc1. The number of aromatic nitrogens is 2. The molecule has 0 fully saturated rings. The molecule has 0 radical (unpaired) electrons. The molecule has 24 heavy (non-hydrogen) atoms. The molecule has 0 aliphatic rings. The third-order valence-corrected chi connectivity index (χ3v) is 4.65. The van der Waals surface area contributed by atoms with E-state index in [9.17, 15) is 9.59 Å². The molecule has 0 unspecified atom stereocenters. The van der Waals surface area contributed by atoms with Gasteiger partial charge < -0.3 is 5.73 Å². The van der Waals surface area contributed by atoms with E-state index in [1.165, 1.54) is 21.9 Å². The number of nitrogens with two attached hydrogens (primary N) is 1. The molecule has 0 aliphatic carbocycles. The van der Waals surface area contributed by atoms with Gasteiger partial charge in [0.1, 0.15) is 0 Å². The topological polar surface area (TPSA) is 78.0 Å². The number of primary amides is 1. The van der Waals surface area contributed by atoms with Crippen LogP contribution < -0.4 is 11.3 Å². The number of nitrogens with zero attached hydrogens (tertiary/aromatic N) is 2. The van der Waals surface area contributed by atoms with Crippen LogP contribution in [0, 0.1) is 0 Å². The van der Waals surface area contributed by atoms with E-state index in [1.807, 2.05) is 36.4 Å². The van der Waals surface area contributed by atoms with E-state index >= 15 is 0 Å². The standard InChI is InChI=1S/C18H17N3O2S/c1-2-12-7-9-13(10-8-12)21-17(23)14-5-3-4-6-15(14)20-18(21)24-11-16(19)22/h3-10H,2,11H2,1H3,(H2,19,22). The first kappa shape index (κ1) is 16.3. The second-order valence-electron chi connectivity index (χ2n) is 5.33. The second kappa shape index (κ2) is 6.88. The van der Waals surface area contributed by atoms with Crippen LogP contribution in [-0.2, 0) is 11.2 Å². The molecule has 0 saturated heterocycles. The third kappa shape index (κ3) is 3.19. The van der Waals surface area contributed by atoms with E-state index in [1.54, 1.807) is 12.1 Å². The number of carbonyl (C=O) groups excluding carboxylic acids is 1. The average molecular weight is 339 g/mol. The Labute approximate surface area is 143 Å². The van der Waals surface area contributed by atoms with Crippen molar-refractivity contribution in [2.75, 3.05) is 5.75 Å². The molecule has 0 aliphatic heterocycles. The monoisotopic (exact) mass is 339 g/mol. The zero-order valence-corrected chi connectivity index (χ0v) is 14.0. The number of hydrogen-bond donors (Lipinski definition) is 1. The Bertz CT molecular complexity index is 949. The first-order valence-corrected chi connectivity index (χ1v) is 8.61. The predicted molar refractivity (Wildman–Crippen MR) is 96.6 cm³/mol. The van der Waals surface area contributed by atoms with Crippen molar-refractivity contribution in [1.29, 1.82) is 0 Å². The molecule has 2 N–H and O–H groups in total. The zero-order chi connectivity index (χ0) is 17.1. The fourth-order valence-electron chi connectivity index (χ4n) is 2.45. The number of amides is 1. The molecule has 0 bridgehead atoms. The van der Waals surface area contributed by atoms with Gasteiger partial charge in [0.25, 0.3) is 5.56 Å². The van der Waals surface area contributed by atoms with Gasteiger partial charge in [-0.25, -0.2) is 4.98 Å². The highest BCUT2D eigenvalue weighted by Crippen LogP contribution is 2.21. The van der Waals surface area contributed by atoms with Gasteiger partial charge in [0.2, 0.25) is 5.91 Å². The zero-order valence-electron chi connectivity index (χ0n) is 13.2. The number of carbonyl (C=O) groups is 1. The van der Waals surface area contributed by atoms with Gasteiger partial charge in [0.15, 0.2) is 5.16 Å². The number of fused-ring (bicyclic) bond motifs is 1. The van der Waals surface area contributed by atoms with Gasteiger partial charge in [-0.1, -0.05) is 43.0 Å². The quantitative estimate of drug-likeness (QED) is 0.572. The summed E-state index contributed by atoms with van der Waals surface area (Å²) < 4.78 is 1.54. The lowest BCUT2D eigenvalue weighted by molar-refractivity contribution is -0.115. The minimum Gasteiger partial charge on any atom is -0.369 e. The number of thioether (sulfide) groups is 1. The van der Waals surface area contributed by atoms with E-state index in [-0.39, 0.29) is 11.3 Å². The maximum absolute atomic E-state index is 12.9. The smallest absolute Gasteiger partial charge is 0.266 e. The molecule has 6 heteroatoms. The summed E-state index contributed by atoms with van der Waals surface area (Å²) in [5, 5.41) is 1.00. The molecular formula is C18H17N3O2S. The van der Waals surface area contributed by atoms with Gasteiger partial charge in [-0.05, 0) is 36.2 Å². The van der Waals surface area contributed by atoms with Gasteiger partial charge in [-0.2, -0.15) is 0 Å². The molecule has 0 atom stereocenters. The van der Waals surface area contributed by atoms with Gasteiger partial charge >= 0.3 is 0 Å². The average Bonchev–Trinajstić information content (AvgIpc) is 2.60. The molecule has 122 valence electrons. The molecule has 2 aromatic carbocycles.